The Balaban J connectivity index is 1.68. The highest BCUT2D eigenvalue weighted by Crippen LogP contribution is 2.29. The maximum atomic E-state index is 13.4. The molecule has 2 N–H and O–H groups in total. The van der Waals surface area contributed by atoms with Gasteiger partial charge in [0.2, 0.25) is 5.91 Å². The molecule has 4 rings (SSSR count). The maximum absolute atomic E-state index is 13.4. The van der Waals surface area contributed by atoms with E-state index in [-0.39, 0.29) is 10.8 Å². The number of aromatic nitrogens is 1. The van der Waals surface area contributed by atoms with Crippen molar-refractivity contribution >= 4 is 38.4 Å². The Hall–Kier alpha value is -3.30. The van der Waals surface area contributed by atoms with Crippen molar-refractivity contribution in [2.75, 3.05) is 18.4 Å². The third kappa shape index (κ3) is 4.35. The van der Waals surface area contributed by atoms with E-state index in [1.165, 1.54) is 24.3 Å². The van der Waals surface area contributed by atoms with Crippen LogP contribution < -0.4 is 10.0 Å². The molecule has 0 saturated carbocycles. The molecule has 0 fully saturated rings. The zero-order chi connectivity index (χ0) is 22.9. The third-order valence-electron chi connectivity index (χ3n) is 5.50. The summed E-state index contributed by atoms with van der Waals surface area (Å²) in [4.78, 5) is 31.5. The predicted molar refractivity (Wildman–Crippen MR) is 122 cm³/mol. The SMILES string of the molecule is CCN1CCc2nc3ccccc3c(C(=O)Nc3ccc(S(=O)(=O)NC(C)=O)cc3)c2C1. The molecular formula is C23H24N4O4S. The fraction of sp³-hybridized carbons (Fsp3) is 0.261. The van der Waals surface area contributed by atoms with Crippen LogP contribution in [0.15, 0.2) is 53.4 Å². The first kappa shape index (κ1) is 21.9. The average molecular weight is 453 g/mol. The largest absolute Gasteiger partial charge is 0.322 e. The Morgan fingerprint density at radius 2 is 1.81 bits per heavy atom. The van der Waals surface area contributed by atoms with Crippen molar-refractivity contribution in [2.24, 2.45) is 0 Å². The number of nitrogens with zero attached hydrogens (tertiary/aromatic N) is 2. The molecule has 9 heteroatoms. The molecular weight excluding hydrogens is 428 g/mol. The van der Waals surface area contributed by atoms with Gasteiger partial charge < -0.3 is 5.32 Å². The molecule has 0 atom stereocenters. The Morgan fingerprint density at radius 3 is 2.50 bits per heavy atom. The van der Waals surface area contributed by atoms with Gasteiger partial charge in [-0.1, -0.05) is 25.1 Å². The number of sulfonamides is 1. The molecule has 2 aromatic carbocycles. The van der Waals surface area contributed by atoms with Gasteiger partial charge in [0.1, 0.15) is 0 Å². The third-order valence-corrected chi connectivity index (χ3v) is 6.95. The lowest BCUT2D eigenvalue weighted by molar-refractivity contribution is -0.117. The molecule has 1 aromatic heterocycles. The molecule has 166 valence electrons. The number of rotatable bonds is 5. The van der Waals surface area contributed by atoms with Crippen LogP contribution in [0, 0.1) is 0 Å². The number of hydrogen-bond acceptors (Lipinski definition) is 6. The van der Waals surface area contributed by atoms with E-state index >= 15 is 0 Å². The number of benzene rings is 2. The summed E-state index contributed by atoms with van der Waals surface area (Å²) >= 11 is 0. The first-order valence-corrected chi connectivity index (χ1v) is 11.8. The average Bonchev–Trinajstić information content (AvgIpc) is 2.76. The normalized spacial score (nSPS) is 14.1. The number of carbonyl (C=O) groups is 2. The van der Waals surface area contributed by atoms with Crippen LogP contribution in [0.3, 0.4) is 0 Å². The van der Waals surface area contributed by atoms with Gasteiger partial charge in [-0.05, 0) is 36.9 Å². The highest BCUT2D eigenvalue weighted by Gasteiger charge is 2.25. The summed E-state index contributed by atoms with van der Waals surface area (Å²) < 4.78 is 26.2. The Labute approximate surface area is 186 Å². The van der Waals surface area contributed by atoms with Crippen LogP contribution in [-0.4, -0.2) is 43.2 Å². The van der Waals surface area contributed by atoms with Crippen LogP contribution in [0.5, 0.6) is 0 Å². The van der Waals surface area contributed by atoms with Crippen molar-refractivity contribution < 1.29 is 18.0 Å². The van der Waals surface area contributed by atoms with Crippen molar-refractivity contribution in [2.45, 2.75) is 31.7 Å². The molecule has 0 aliphatic carbocycles. The second kappa shape index (κ2) is 8.68. The molecule has 2 amide bonds. The molecule has 32 heavy (non-hydrogen) atoms. The molecule has 2 heterocycles. The topological polar surface area (TPSA) is 108 Å². The van der Waals surface area contributed by atoms with Gasteiger partial charge >= 0.3 is 0 Å². The van der Waals surface area contributed by atoms with Gasteiger partial charge in [0.05, 0.1) is 16.0 Å². The van der Waals surface area contributed by atoms with Crippen molar-refractivity contribution in [3.63, 3.8) is 0 Å². The van der Waals surface area contributed by atoms with E-state index < -0.39 is 15.9 Å². The molecule has 1 aliphatic heterocycles. The zero-order valence-electron chi connectivity index (χ0n) is 17.9. The van der Waals surface area contributed by atoms with E-state index in [0.29, 0.717) is 17.8 Å². The summed E-state index contributed by atoms with van der Waals surface area (Å²) in [5.74, 6) is -0.937. The number of fused-ring (bicyclic) bond motifs is 2. The minimum atomic E-state index is -3.93. The van der Waals surface area contributed by atoms with E-state index in [9.17, 15) is 18.0 Å². The van der Waals surface area contributed by atoms with Crippen molar-refractivity contribution in [1.29, 1.82) is 0 Å². The standard InChI is InChI=1S/C23H24N4O4S/c1-3-27-13-12-21-19(14-27)22(18-6-4-5-7-20(18)25-21)23(29)24-16-8-10-17(11-9-16)32(30,31)26-15(2)28/h4-11H,3,12-14H2,1-2H3,(H,24,29)(H,26,28). The summed E-state index contributed by atoms with van der Waals surface area (Å²) in [6.07, 6.45) is 0.782. The fourth-order valence-electron chi connectivity index (χ4n) is 3.93. The summed E-state index contributed by atoms with van der Waals surface area (Å²) in [5, 5.41) is 3.67. The highest BCUT2D eigenvalue weighted by molar-refractivity contribution is 7.90. The molecule has 0 spiro atoms. The number of anilines is 1. The Kier molecular flexibility index (Phi) is 5.94. The Morgan fingerprint density at radius 1 is 1.09 bits per heavy atom. The lowest BCUT2D eigenvalue weighted by Crippen LogP contribution is -2.33. The predicted octanol–water partition coefficient (Wildman–Crippen LogP) is 2.69. The number of hydrogen-bond donors (Lipinski definition) is 2. The van der Waals surface area contributed by atoms with E-state index in [4.69, 9.17) is 4.98 Å². The summed E-state index contributed by atoms with van der Waals surface area (Å²) in [5.41, 5.74) is 3.70. The number of amides is 2. The second-order valence-electron chi connectivity index (χ2n) is 7.69. The highest BCUT2D eigenvalue weighted by atomic mass is 32.2. The second-order valence-corrected chi connectivity index (χ2v) is 9.37. The summed E-state index contributed by atoms with van der Waals surface area (Å²) in [6.45, 7) is 5.67. The van der Waals surface area contributed by atoms with Gasteiger partial charge in [-0.15, -0.1) is 0 Å². The number of likely N-dealkylation sites (N-methyl/N-ethyl adjacent to an activating group) is 1. The quantitative estimate of drug-likeness (QED) is 0.616. The molecule has 0 unspecified atom stereocenters. The van der Waals surface area contributed by atoms with Crippen molar-refractivity contribution in [3.05, 3.63) is 65.4 Å². The maximum Gasteiger partial charge on any atom is 0.264 e. The molecule has 0 saturated heterocycles. The van der Waals surface area contributed by atoms with Gasteiger partial charge in [0.15, 0.2) is 0 Å². The van der Waals surface area contributed by atoms with Gasteiger partial charge in [-0.25, -0.2) is 13.1 Å². The number of nitrogens with one attached hydrogen (secondary N) is 2. The Bertz CT molecular complexity index is 1300. The van der Waals surface area contributed by atoms with Crippen LogP contribution in [-0.2, 0) is 27.8 Å². The number of para-hydroxylation sites is 1. The molecule has 1 aliphatic rings. The van der Waals surface area contributed by atoms with Crippen LogP contribution in [0.1, 0.15) is 35.5 Å². The van der Waals surface area contributed by atoms with Crippen LogP contribution in [0.25, 0.3) is 10.9 Å². The monoisotopic (exact) mass is 452 g/mol. The van der Waals surface area contributed by atoms with Crippen LogP contribution in [0.4, 0.5) is 5.69 Å². The van der Waals surface area contributed by atoms with Gasteiger partial charge in [0.25, 0.3) is 15.9 Å². The van der Waals surface area contributed by atoms with E-state index in [2.05, 4.69) is 17.1 Å². The van der Waals surface area contributed by atoms with Gasteiger partial charge in [-0.2, -0.15) is 0 Å². The lowest BCUT2D eigenvalue weighted by Gasteiger charge is -2.29. The lowest BCUT2D eigenvalue weighted by atomic mass is 9.95. The number of pyridine rings is 1. The van der Waals surface area contributed by atoms with Gasteiger partial charge in [0, 0.05) is 48.8 Å². The van der Waals surface area contributed by atoms with E-state index in [0.717, 1.165) is 48.6 Å². The zero-order valence-corrected chi connectivity index (χ0v) is 18.7. The summed E-state index contributed by atoms with van der Waals surface area (Å²) in [7, 11) is -3.93. The molecule has 3 aromatic rings. The van der Waals surface area contributed by atoms with Crippen LogP contribution >= 0.6 is 0 Å². The van der Waals surface area contributed by atoms with Crippen LogP contribution in [0.2, 0.25) is 0 Å². The fourth-order valence-corrected chi connectivity index (χ4v) is 4.93. The van der Waals surface area contributed by atoms with E-state index in [1.54, 1.807) is 0 Å². The van der Waals surface area contributed by atoms with E-state index in [1.807, 2.05) is 29.0 Å². The summed E-state index contributed by atoms with van der Waals surface area (Å²) in [6, 6.07) is 13.3. The minimum Gasteiger partial charge on any atom is -0.322 e. The first-order chi connectivity index (χ1) is 15.3. The van der Waals surface area contributed by atoms with Gasteiger partial charge in [-0.3, -0.25) is 19.5 Å². The molecule has 8 nitrogen and oxygen atoms in total. The molecule has 0 bridgehead atoms. The number of carbonyl (C=O) groups excluding carboxylic acids is 2. The molecule has 0 radical (unpaired) electrons. The minimum absolute atomic E-state index is 0.0592. The van der Waals surface area contributed by atoms with Crippen molar-refractivity contribution in [3.8, 4) is 0 Å². The first-order valence-electron chi connectivity index (χ1n) is 10.4. The smallest absolute Gasteiger partial charge is 0.264 e. The van der Waals surface area contributed by atoms with Crippen molar-refractivity contribution in [1.82, 2.24) is 14.6 Å².